The smallest absolute Gasteiger partial charge is 0.273 e. The van der Waals surface area contributed by atoms with Gasteiger partial charge in [0.1, 0.15) is 5.69 Å². The molecule has 3 heterocycles. The summed E-state index contributed by atoms with van der Waals surface area (Å²) in [6.07, 6.45) is 3.73. The summed E-state index contributed by atoms with van der Waals surface area (Å²) in [7, 11) is 1.78. The number of nitrogens with zero attached hydrogens (tertiary/aromatic N) is 3. The van der Waals surface area contributed by atoms with Crippen LogP contribution in [0.4, 0.5) is 5.13 Å². The molecule has 0 spiro atoms. The van der Waals surface area contributed by atoms with Crippen LogP contribution >= 0.6 is 11.3 Å². The Balaban J connectivity index is 1.66. The standard InChI is InChI=1S/C15H18N4O2S/c1-16-15-18-12(9-22-15)14(21)19-7-11(13(20)8-19)6-10-2-4-17-5-3-10/h2-5,9,11,13,20H,6-8H2,1H3,(H,16,18)/t11-,13-/m1/s1. The molecule has 0 aliphatic carbocycles. The fourth-order valence-corrected chi connectivity index (χ4v) is 3.34. The van der Waals surface area contributed by atoms with Crippen molar-refractivity contribution in [3.8, 4) is 0 Å². The molecule has 0 aromatic carbocycles. The van der Waals surface area contributed by atoms with Gasteiger partial charge in [-0.05, 0) is 24.1 Å². The number of likely N-dealkylation sites (tertiary alicyclic amines) is 1. The molecular weight excluding hydrogens is 300 g/mol. The van der Waals surface area contributed by atoms with Crippen molar-refractivity contribution in [2.24, 2.45) is 5.92 Å². The molecule has 3 rings (SSSR count). The van der Waals surface area contributed by atoms with Gasteiger partial charge in [-0.15, -0.1) is 11.3 Å². The van der Waals surface area contributed by atoms with E-state index in [-0.39, 0.29) is 11.8 Å². The molecule has 0 bridgehead atoms. The summed E-state index contributed by atoms with van der Waals surface area (Å²) in [6.45, 7) is 0.912. The number of hydrogen-bond donors (Lipinski definition) is 2. The first-order valence-electron chi connectivity index (χ1n) is 7.17. The monoisotopic (exact) mass is 318 g/mol. The normalized spacial score (nSPS) is 21.1. The molecule has 22 heavy (non-hydrogen) atoms. The van der Waals surface area contributed by atoms with Crippen molar-refractivity contribution in [2.45, 2.75) is 12.5 Å². The number of nitrogens with one attached hydrogen (secondary N) is 1. The lowest BCUT2D eigenvalue weighted by Crippen LogP contribution is -2.29. The van der Waals surface area contributed by atoms with E-state index >= 15 is 0 Å². The summed E-state index contributed by atoms with van der Waals surface area (Å²) < 4.78 is 0. The zero-order chi connectivity index (χ0) is 15.5. The molecule has 1 amide bonds. The van der Waals surface area contributed by atoms with Gasteiger partial charge in [0.05, 0.1) is 6.10 Å². The average Bonchev–Trinajstić information content (AvgIpc) is 3.15. The highest BCUT2D eigenvalue weighted by Gasteiger charge is 2.35. The highest BCUT2D eigenvalue weighted by Crippen LogP contribution is 2.24. The van der Waals surface area contributed by atoms with Crippen LogP contribution in [0.2, 0.25) is 0 Å². The molecular formula is C15H18N4O2S. The van der Waals surface area contributed by atoms with Crippen LogP contribution < -0.4 is 5.32 Å². The van der Waals surface area contributed by atoms with Gasteiger partial charge in [0.2, 0.25) is 0 Å². The molecule has 0 unspecified atom stereocenters. The number of carbonyl (C=O) groups excluding carboxylic acids is 1. The van der Waals surface area contributed by atoms with Crippen molar-refractivity contribution in [1.82, 2.24) is 14.9 Å². The molecule has 1 aliphatic heterocycles. The SMILES string of the molecule is CNc1nc(C(=O)N2C[C@@H](Cc3ccncc3)[C@H](O)C2)cs1. The van der Waals surface area contributed by atoms with Gasteiger partial charge >= 0.3 is 0 Å². The van der Waals surface area contributed by atoms with E-state index in [2.05, 4.69) is 15.3 Å². The number of rotatable bonds is 4. The average molecular weight is 318 g/mol. The maximum atomic E-state index is 12.4. The van der Waals surface area contributed by atoms with Crippen LogP contribution in [0, 0.1) is 5.92 Å². The van der Waals surface area contributed by atoms with E-state index in [9.17, 15) is 9.90 Å². The molecule has 7 heteroatoms. The summed E-state index contributed by atoms with van der Waals surface area (Å²) in [5.74, 6) is -0.0669. The first-order valence-corrected chi connectivity index (χ1v) is 8.05. The minimum absolute atomic E-state index is 0.0498. The van der Waals surface area contributed by atoms with Crippen LogP contribution in [-0.2, 0) is 6.42 Å². The van der Waals surface area contributed by atoms with E-state index in [4.69, 9.17) is 0 Å². The van der Waals surface area contributed by atoms with Crippen molar-refractivity contribution in [3.05, 3.63) is 41.2 Å². The Hall–Kier alpha value is -1.99. The van der Waals surface area contributed by atoms with Gasteiger partial charge in [-0.25, -0.2) is 4.98 Å². The van der Waals surface area contributed by atoms with E-state index in [1.807, 2.05) is 12.1 Å². The fraction of sp³-hybridized carbons (Fsp3) is 0.400. The molecule has 2 aromatic heterocycles. The number of amides is 1. The first kappa shape index (κ1) is 14.9. The van der Waals surface area contributed by atoms with E-state index < -0.39 is 6.10 Å². The van der Waals surface area contributed by atoms with Crippen molar-refractivity contribution >= 4 is 22.4 Å². The summed E-state index contributed by atoms with van der Waals surface area (Å²) in [5, 5.41) is 15.6. The number of hydrogen-bond acceptors (Lipinski definition) is 6. The molecule has 2 aromatic rings. The molecule has 2 atom stereocenters. The van der Waals surface area contributed by atoms with E-state index in [1.165, 1.54) is 11.3 Å². The minimum Gasteiger partial charge on any atom is -0.391 e. The summed E-state index contributed by atoms with van der Waals surface area (Å²) in [6, 6.07) is 3.88. The largest absolute Gasteiger partial charge is 0.391 e. The topological polar surface area (TPSA) is 78.4 Å². The van der Waals surface area contributed by atoms with Crippen molar-refractivity contribution in [3.63, 3.8) is 0 Å². The minimum atomic E-state index is -0.500. The van der Waals surface area contributed by atoms with Gasteiger partial charge in [0, 0.05) is 43.8 Å². The molecule has 0 saturated carbocycles. The predicted octanol–water partition coefficient (Wildman–Crippen LogP) is 1.26. The lowest BCUT2D eigenvalue weighted by atomic mass is 9.97. The van der Waals surface area contributed by atoms with E-state index in [1.54, 1.807) is 29.7 Å². The Labute approximate surface area is 132 Å². The van der Waals surface area contributed by atoms with Gasteiger partial charge in [0.25, 0.3) is 5.91 Å². The zero-order valence-electron chi connectivity index (χ0n) is 12.3. The Morgan fingerprint density at radius 2 is 2.23 bits per heavy atom. The number of anilines is 1. The fourth-order valence-electron chi connectivity index (χ4n) is 2.69. The molecule has 116 valence electrons. The predicted molar refractivity (Wildman–Crippen MR) is 85.0 cm³/mol. The second-order valence-corrected chi connectivity index (χ2v) is 6.24. The maximum absolute atomic E-state index is 12.4. The van der Waals surface area contributed by atoms with E-state index in [0.29, 0.717) is 18.8 Å². The first-order chi connectivity index (χ1) is 10.7. The Morgan fingerprint density at radius 1 is 1.45 bits per heavy atom. The third-order valence-corrected chi connectivity index (χ3v) is 4.74. The Morgan fingerprint density at radius 3 is 2.91 bits per heavy atom. The molecule has 1 fully saturated rings. The van der Waals surface area contributed by atoms with Crippen LogP contribution in [-0.4, -0.2) is 52.1 Å². The number of aliphatic hydroxyl groups is 1. The van der Waals surface area contributed by atoms with Gasteiger partial charge in [-0.1, -0.05) is 0 Å². The van der Waals surface area contributed by atoms with Crippen molar-refractivity contribution in [1.29, 1.82) is 0 Å². The lowest BCUT2D eigenvalue weighted by Gasteiger charge is -2.14. The number of carbonyl (C=O) groups is 1. The molecule has 1 saturated heterocycles. The number of β-amino-alcohol motifs (C(OH)–C–C–N with tert-alkyl or cyclic N) is 1. The molecule has 0 radical (unpaired) electrons. The third kappa shape index (κ3) is 3.10. The third-order valence-electron chi connectivity index (χ3n) is 3.88. The second kappa shape index (κ2) is 6.41. The number of aliphatic hydroxyl groups excluding tert-OH is 1. The van der Waals surface area contributed by atoms with Gasteiger partial charge in [-0.3, -0.25) is 9.78 Å². The molecule has 6 nitrogen and oxygen atoms in total. The maximum Gasteiger partial charge on any atom is 0.273 e. The lowest BCUT2D eigenvalue weighted by molar-refractivity contribution is 0.0760. The van der Waals surface area contributed by atoms with Crippen LogP contribution in [0.3, 0.4) is 0 Å². The van der Waals surface area contributed by atoms with Crippen LogP contribution in [0.1, 0.15) is 16.1 Å². The Bertz CT molecular complexity index is 646. The number of thiazole rings is 1. The summed E-state index contributed by atoms with van der Waals surface area (Å²) >= 11 is 1.40. The van der Waals surface area contributed by atoms with Crippen LogP contribution in [0.25, 0.3) is 0 Å². The summed E-state index contributed by atoms with van der Waals surface area (Å²) in [4.78, 5) is 22.4. The van der Waals surface area contributed by atoms with E-state index in [0.717, 1.165) is 17.1 Å². The highest BCUT2D eigenvalue weighted by atomic mass is 32.1. The van der Waals surface area contributed by atoms with Gasteiger partial charge in [-0.2, -0.15) is 0 Å². The highest BCUT2D eigenvalue weighted by molar-refractivity contribution is 7.13. The zero-order valence-corrected chi connectivity index (χ0v) is 13.1. The van der Waals surface area contributed by atoms with Crippen LogP contribution in [0.15, 0.2) is 29.9 Å². The Kier molecular flexibility index (Phi) is 4.35. The van der Waals surface area contributed by atoms with Crippen molar-refractivity contribution < 1.29 is 9.90 Å². The number of pyridine rings is 1. The molecule has 1 aliphatic rings. The molecule has 2 N–H and O–H groups in total. The second-order valence-electron chi connectivity index (χ2n) is 5.39. The van der Waals surface area contributed by atoms with Crippen LogP contribution in [0.5, 0.6) is 0 Å². The van der Waals surface area contributed by atoms with Gasteiger partial charge in [0.15, 0.2) is 5.13 Å². The quantitative estimate of drug-likeness (QED) is 0.887. The summed E-state index contributed by atoms with van der Waals surface area (Å²) in [5.41, 5.74) is 1.56. The number of aromatic nitrogens is 2. The van der Waals surface area contributed by atoms with Gasteiger partial charge < -0.3 is 15.3 Å². The van der Waals surface area contributed by atoms with Crippen molar-refractivity contribution in [2.75, 3.05) is 25.5 Å².